The molecule has 0 aliphatic heterocycles. The highest BCUT2D eigenvalue weighted by atomic mass is 79.9. The van der Waals surface area contributed by atoms with Crippen LogP contribution in [0.1, 0.15) is 0 Å². The summed E-state index contributed by atoms with van der Waals surface area (Å²) in [6.45, 7) is 0. The number of nitrogen functional groups attached to an aromatic ring is 1. The van der Waals surface area contributed by atoms with Gasteiger partial charge in [-0.25, -0.2) is 9.97 Å². The van der Waals surface area contributed by atoms with Crippen molar-refractivity contribution in [1.82, 2.24) is 9.97 Å². The van der Waals surface area contributed by atoms with Crippen molar-refractivity contribution < 1.29 is 4.74 Å². The number of rotatable bonds is 2. The van der Waals surface area contributed by atoms with Crippen molar-refractivity contribution >= 4 is 21.6 Å². The van der Waals surface area contributed by atoms with Gasteiger partial charge in [-0.05, 0) is 40.2 Å². The van der Waals surface area contributed by atoms with Gasteiger partial charge in [0.2, 0.25) is 0 Å². The molecule has 0 amide bonds. The smallest absolute Gasteiger partial charge is 0.321 e. The molecule has 0 bridgehead atoms. The molecule has 0 saturated carbocycles. The third-order valence-corrected chi connectivity index (χ3v) is 2.10. The zero-order valence-corrected chi connectivity index (χ0v) is 9.31. The summed E-state index contributed by atoms with van der Waals surface area (Å²) in [5.41, 5.74) is 6.24. The maximum atomic E-state index is 5.55. The van der Waals surface area contributed by atoms with E-state index in [0.29, 0.717) is 17.4 Å². The van der Waals surface area contributed by atoms with E-state index in [2.05, 4.69) is 25.9 Å². The van der Waals surface area contributed by atoms with E-state index < -0.39 is 0 Å². The van der Waals surface area contributed by atoms with Crippen LogP contribution in [-0.4, -0.2) is 9.97 Å². The largest absolute Gasteiger partial charge is 0.424 e. The minimum Gasteiger partial charge on any atom is -0.424 e. The first-order chi connectivity index (χ1) is 7.24. The predicted octanol–water partition coefficient (Wildman–Crippen LogP) is 2.61. The fourth-order valence-corrected chi connectivity index (χ4v) is 1.20. The molecule has 4 nitrogen and oxygen atoms in total. The van der Waals surface area contributed by atoms with Gasteiger partial charge in [0.1, 0.15) is 5.75 Å². The van der Waals surface area contributed by atoms with E-state index in [4.69, 9.17) is 10.5 Å². The highest BCUT2D eigenvalue weighted by Crippen LogP contribution is 2.19. The lowest BCUT2D eigenvalue weighted by Crippen LogP contribution is -1.91. The molecule has 0 spiro atoms. The molecule has 0 aliphatic carbocycles. The van der Waals surface area contributed by atoms with Crippen LogP contribution in [0.2, 0.25) is 0 Å². The normalized spacial score (nSPS) is 9.93. The first-order valence-electron chi connectivity index (χ1n) is 4.25. The number of nitrogens with zero attached hydrogens (tertiary/aromatic N) is 2. The van der Waals surface area contributed by atoms with E-state index in [-0.39, 0.29) is 0 Å². The highest BCUT2D eigenvalue weighted by Gasteiger charge is 1.99. The fraction of sp³-hybridized carbons (Fsp3) is 0. The van der Waals surface area contributed by atoms with E-state index in [1.165, 1.54) is 0 Å². The fourth-order valence-electron chi connectivity index (χ4n) is 0.994. The quantitative estimate of drug-likeness (QED) is 0.849. The van der Waals surface area contributed by atoms with Gasteiger partial charge in [0.25, 0.3) is 0 Å². The summed E-state index contributed by atoms with van der Waals surface area (Å²) in [6.07, 6.45) is 3.25. The average Bonchev–Trinajstić information content (AvgIpc) is 2.25. The van der Waals surface area contributed by atoms with E-state index in [0.717, 1.165) is 4.47 Å². The number of hydrogen-bond donors (Lipinski definition) is 1. The Kier molecular flexibility index (Phi) is 2.82. The summed E-state index contributed by atoms with van der Waals surface area (Å²) in [5.74, 6) is 0.659. The Balaban J connectivity index is 2.15. The second-order valence-corrected chi connectivity index (χ2v) is 3.77. The molecule has 5 heteroatoms. The predicted molar refractivity (Wildman–Crippen MR) is 60.7 cm³/mol. The third-order valence-electron chi connectivity index (χ3n) is 1.69. The molecular weight excluding hydrogens is 258 g/mol. The van der Waals surface area contributed by atoms with Crippen LogP contribution in [0.3, 0.4) is 0 Å². The highest BCUT2D eigenvalue weighted by molar-refractivity contribution is 9.10. The van der Waals surface area contributed by atoms with E-state index >= 15 is 0 Å². The second-order valence-electron chi connectivity index (χ2n) is 2.85. The molecule has 0 unspecified atom stereocenters. The topological polar surface area (TPSA) is 61.0 Å². The molecule has 0 fully saturated rings. The van der Waals surface area contributed by atoms with Gasteiger partial charge in [-0.15, -0.1) is 0 Å². The van der Waals surface area contributed by atoms with Crippen molar-refractivity contribution in [2.75, 3.05) is 5.73 Å². The molecule has 0 saturated heterocycles. The number of benzene rings is 1. The molecule has 2 N–H and O–H groups in total. The van der Waals surface area contributed by atoms with Gasteiger partial charge in [0.15, 0.2) is 0 Å². The van der Waals surface area contributed by atoms with Crippen LogP contribution in [0.25, 0.3) is 0 Å². The van der Waals surface area contributed by atoms with Gasteiger partial charge >= 0.3 is 6.01 Å². The van der Waals surface area contributed by atoms with Gasteiger partial charge < -0.3 is 10.5 Å². The van der Waals surface area contributed by atoms with Crippen molar-refractivity contribution in [3.63, 3.8) is 0 Å². The number of hydrogen-bond acceptors (Lipinski definition) is 4. The van der Waals surface area contributed by atoms with Crippen LogP contribution in [0.15, 0.2) is 41.1 Å². The van der Waals surface area contributed by atoms with Gasteiger partial charge in [0, 0.05) is 18.1 Å². The van der Waals surface area contributed by atoms with Gasteiger partial charge in [-0.1, -0.05) is 0 Å². The minimum absolute atomic E-state index is 0.308. The SMILES string of the molecule is Nc1ccc(Oc2ncc(Br)cn2)cc1. The van der Waals surface area contributed by atoms with Crippen LogP contribution < -0.4 is 10.5 Å². The summed E-state index contributed by atoms with van der Waals surface area (Å²) < 4.78 is 6.20. The first-order valence-corrected chi connectivity index (χ1v) is 5.04. The number of halogens is 1. The molecule has 76 valence electrons. The van der Waals surface area contributed by atoms with Crippen molar-refractivity contribution in [3.05, 3.63) is 41.1 Å². The van der Waals surface area contributed by atoms with E-state index in [1.54, 1.807) is 36.7 Å². The Hall–Kier alpha value is -1.62. The zero-order valence-electron chi connectivity index (χ0n) is 7.72. The average molecular weight is 266 g/mol. The maximum Gasteiger partial charge on any atom is 0.321 e. The molecule has 0 radical (unpaired) electrons. The van der Waals surface area contributed by atoms with Crippen LogP contribution in [0.4, 0.5) is 5.69 Å². The molecule has 2 rings (SSSR count). The lowest BCUT2D eigenvalue weighted by atomic mass is 10.3. The van der Waals surface area contributed by atoms with Crippen molar-refractivity contribution in [2.24, 2.45) is 0 Å². The monoisotopic (exact) mass is 265 g/mol. The molecule has 0 aliphatic rings. The Bertz CT molecular complexity index is 398. The van der Waals surface area contributed by atoms with Crippen LogP contribution >= 0.6 is 15.9 Å². The molecular formula is C10H8BrN3O. The van der Waals surface area contributed by atoms with Crippen molar-refractivity contribution in [1.29, 1.82) is 0 Å². The lowest BCUT2D eigenvalue weighted by molar-refractivity contribution is 0.441. The molecule has 0 atom stereocenters. The second kappa shape index (κ2) is 4.27. The minimum atomic E-state index is 0.308. The van der Waals surface area contributed by atoms with Gasteiger partial charge in [-0.2, -0.15) is 0 Å². The zero-order chi connectivity index (χ0) is 10.7. The lowest BCUT2D eigenvalue weighted by Gasteiger charge is -2.03. The Morgan fingerprint density at radius 3 is 2.27 bits per heavy atom. The van der Waals surface area contributed by atoms with Crippen LogP contribution in [0.5, 0.6) is 11.8 Å². The third kappa shape index (κ3) is 2.66. The first kappa shape index (κ1) is 9.92. The summed E-state index contributed by atoms with van der Waals surface area (Å²) in [5, 5.41) is 0. The number of aromatic nitrogens is 2. The molecule has 1 aromatic heterocycles. The number of nitrogens with two attached hydrogens (primary N) is 1. The molecule has 1 aromatic carbocycles. The molecule has 1 heterocycles. The van der Waals surface area contributed by atoms with Crippen LogP contribution in [-0.2, 0) is 0 Å². The van der Waals surface area contributed by atoms with Gasteiger partial charge in [-0.3, -0.25) is 0 Å². The van der Waals surface area contributed by atoms with Crippen LogP contribution in [0, 0.1) is 0 Å². The molecule has 15 heavy (non-hydrogen) atoms. The number of ether oxygens (including phenoxy) is 1. The van der Waals surface area contributed by atoms with Crippen molar-refractivity contribution in [2.45, 2.75) is 0 Å². The Morgan fingerprint density at radius 2 is 1.67 bits per heavy atom. The Morgan fingerprint density at radius 1 is 1.07 bits per heavy atom. The molecule has 2 aromatic rings. The van der Waals surface area contributed by atoms with E-state index in [1.807, 2.05) is 0 Å². The maximum absolute atomic E-state index is 5.55. The summed E-state index contributed by atoms with van der Waals surface area (Å²) >= 11 is 3.24. The number of anilines is 1. The summed E-state index contributed by atoms with van der Waals surface area (Å²) in [7, 11) is 0. The van der Waals surface area contributed by atoms with Crippen molar-refractivity contribution in [3.8, 4) is 11.8 Å². The standard InChI is InChI=1S/C10H8BrN3O/c11-7-5-13-10(14-6-7)15-9-3-1-8(12)2-4-9/h1-6H,12H2. The summed E-state index contributed by atoms with van der Waals surface area (Å²) in [4.78, 5) is 7.97. The van der Waals surface area contributed by atoms with Gasteiger partial charge in [0.05, 0.1) is 4.47 Å². The Labute approximate surface area is 95.2 Å². The summed E-state index contributed by atoms with van der Waals surface area (Å²) in [6, 6.07) is 7.35. The van der Waals surface area contributed by atoms with E-state index in [9.17, 15) is 0 Å².